The summed E-state index contributed by atoms with van der Waals surface area (Å²) in [6.45, 7) is 6.59. The lowest BCUT2D eigenvalue weighted by Gasteiger charge is -2.40. The molecule has 21 heavy (non-hydrogen) atoms. The second-order valence-electron chi connectivity index (χ2n) is 5.71. The number of nitrogens with zero attached hydrogens (tertiary/aromatic N) is 1. The van der Waals surface area contributed by atoms with Gasteiger partial charge in [0.2, 0.25) is 5.91 Å². The van der Waals surface area contributed by atoms with E-state index in [1.165, 1.54) is 5.56 Å². The highest BCUT2D eigenvalue weighted by molar-refractivity contribution is 6.33. The highest BCUT2D eigenvalue weighted by atomic mass is 35.5. The van der Waals surface area contributed by atoms with Crippen LogP contribution in [0, 0.1) is 5.92 Å². The van der Waals surface area contributed by atoms with Crippen LogP contribution in [0.2, 0.25) is 5.02 Å². The minimum atomic E-state index is -0.216. The lowest BCUT2D eigenvalue weighted by atomic mass is 9.92. The third-order valence-electron chi connectivity index (χ3n) is 4.21. The summed E-state index contributed by atoms with van der Waals surface area (Å²) < 4.78 is 0. The summed E-state index contributed by atoms with van der Waals surface area (Å²) >= 11 is 6.45. The number of nitrogens with one attached hydrogen (secondary N) is 1. The van der Waals surface area contributed by atoms with Gasteiger partial charge in [-0.3, -0.25) is 4.79 Å². The van der Waals surface area contributed by atoms with Gasteiger partial charge >= 0.3 is 0 Å². The largest absolute Gasteiger partial charge is 0.369 e. The number of amides is 1. The van der Waals surface area contributed by atoms with Crippen LogP contribution in [0.5, 0.6) is 0 Å². The van der Waals surface area contributed by atoms with E-state index >= 15 is 0 Å². The van der Waals surface area contributed by atoms with Crippen LogP contribution in [0.1, 0.15) is 32.3 Å². The van der Waals surface area contributed by atoms with Gasteiger partial charge in [0, 0.05) is 19.1 Å². The van der Waals surface area contributed by atoms with Crippen LogP contribution < -0.4 is 16.0 Å². The van der Waals surface area contributed by atoms with E-state index in [1.807, 2.05) is 12.1 Å². The van der Waals surface area contributed by atoms with Crippen LogP contribution >= 0.6 is 11.6 Å². The van der Waals surface area contributed by atoms with Crippen LogP contribution in [0.25, 0.3) is 0 Å². The number of carbonyl (C=O) groups is 1. The smallest absolute Gasteiger partial charge is 0.222 e. The van der Waals surface area contributed by atoms with Crippen molar-refractivity contribution in [2.75, 3.05) is 18.0 Å². The Morgan fingerprint density at radius 2 is 2.24 bits per heavy atom. The molecule has 0 aliphatic carbocycles. The van der Waals surface area contributed by atoms with Crippen molar-refractivity contribution in [1.29, 1.82) is 0 Å². The maximum Gasteiger partial charge on any atom is 0.222 e. The summed E-state index contributed by atoms with van der Waals surface area (Å²) in [5.41, 5.74) is 7.71. The Hall–Kier alpha value is -1.26. The van der Waals surface area contributed by atoms with Crippen LogP contribution in [0.15, 0.2) is 18.2 Å². The van der Waals surface area contributed by atoms with Crippen molar-refractivity contribution in [3.05, 3.63) is 28.8 Å². The lowest BCUT2D eigenvalue weighted by Crippen LogP contribution is -2.46. The molecule has 4 nitrogen and oxygen atoms in total. The van der Waals surface area contributed by atoms with Crippen LogP contribution in [0.3, 0.4) is 0 Å². The first kappa shape index (κ1) is 16.1. The molecule has 1 fully saturated rings. The number of nitrogens with two attached hydrogens (primary N) is 1. The standard InChI is InChI=1S/C16H24ClN3O/c1-3-19-9-12-5-4-6-14(17)15(12)20-10-13(16(18)21)8-7-11(20)2/h4-6,11,13,19H,3,7-10H2,1-2H3,(H2,18,21). The third-order valence-corrected chi connectivity index (χ3v) is 4.51. The molecule has 0 saturated carbocycles. The Kier molecular flexibility index (Phi) is 5.48. The Morgan fingerprint density at radius 3 is 2.90 bits per heavy atom. The molecule has 5 heteroatoms. The highest BCUT2D eigenvalue weighted by Gasteiger charge is 2.30. The quantitative estimate of drug-likeness (QED) is 0.879. The zero-order valence-corrected chi connectivity index (χ0v) is 13.5. The van der Waals surface area contributed by atoms with Gasteiger partial charge in [-0.25, -0.2) is 0 Å². The minimum Gasteiger partial charge on any atom is -0.369 e. The van der Waals surface area contributed by atoms with Gasteiger partial charge in [0.05, 0.1) is 16.6 Å². The lowest BCUT2D eigenvalue weighted by molar-refractivity contribution is -0.122. The van der Waals surface area contributed by atoms with Crippen LogP contribution in [0.4, 0.5) is 5.69 Å². The number of carbonyl (C=O) groups excluding carboxylic acids is 1. The summed E-state index contributed by atoms with van der Waals surface area (Å²) in [5.74, 6) is -0.309. The number of benzene rings is 1. The summed E-state index contributed by atoms with van der Waals surface area (Å²) in [7, 11) is 0. The molecule has 1 amide bonds. The SMILES string of the molecule is CCNCc1cccc(Cl)c1N1CC(C(N)=O)CCC1C. The normalized spacial score (nSPS) is 22.3. The fraction of sp³-hybridized carbons (Fsp3) is 0.562. The molecule has 1 aliphatic rings. The topological polar surface area (TPSA) is 58.4 Å². The van der Waals surface area contributed by atoms with Crippen molar-refractivity contribution in [3.8, 4) is 0 Å². The molecule has 2 rings (SSSR count). The van der Waals surface area contributed by atoms with Crippen molar-refractivity contribution in [3.63, 3.8) is 0 Å². The van der Waals surface area contributed by atoms with Gasteiger partial charge in [-0.05, 0) is 37.9 Å². The average Bonchev–Trinajstić information content (AvgIpc) is 2.46. The van der Waals surface area contributed by atoms with Gasteiger partial charge in [-0.2, -0.15) is 0 Å². The number of rotatable bonds is 5. The average molecular weight is 310 g/mol. The van der Waals surface area contributed by atoms with E-state index < -0.39 is 0 Å². The van der Waals surface area contributed by atoms with Crippen molar-refractivity contribution in [2.24, 2.45) is 11.7 Å². The fourth-order valence-electron chi connectivity index (χ4n) is 2.93. The molecule has 2 unspecified atom stereocenters. The van der Waals surface area contributed by atoms with E-state index in [2.05, 4.69) is 30.1 Å². The molecule has 3 N–H and O–H groups in total. The van der Waals surface area contributed by atoms with Crippen LogP contribution in [-0.4, -0.2) is 25.0 Å². The number of primary amides is 1. The number of halogens is 1. The Balaban J connectivity index is 2.31. The van der Waals surface area contributed by atoms with Gasteiger partial charge in [0.1, 0.15) is 0 Å². The van der Waals surface area contributed by atoms with Gasteiger partial charge in [0.15, 0.2) is 0 Å². The van der Waals surface area contributed by atoms with Gasteiger partial charge in [0.25, 0.3) is 0 Å². The summed E-state index contributed by atoms with van der Waals surface area (Å²) in [6, 6.07) is 6.33. The molecule has 0 radical (unpaired) electrons. The van der Waals surface area contributed by atoms with Crippen molar-refractivity contribution < 1.29 is 4.79 Å². The third kappa shape index (κ3) is 3.69. The van der Waals surface area contributed by atoms with Gasteiger partial charge in [-0.15, -0.1) is 0 Å². The van der Waals surface area contributed by atoms with E-state index in [0.717, 1.165) is 36.6 Å². The van der Waals surface area contributed by atoms with E-state index in [-0.39, 0.29) is 11.8 Å². The van der Waals surface area contributed by atoms with Crippen LogP contribution in [-0.2, 0) is 11.3 Å². The van der Waals surface area contributed by atoms with E-state index in [4.69, 9.17) is 17.3 Å². The van der Waals surface area contributed by atoms with Crippen molar-refractivity contribution in [1.82, 2.24) is 5.32 Å². The maximum atomic E-state index is 11.5. The number of piperidine rings is 1. The number of hydrogen-bond donors (Lipinski definition) is 2. The molecule has 0 aromatic heterocycles. The van der Waals surface area contributed by atoms with Gasteiger partial charge < -0.3 is 16.0 Å². The fourth-order valence-corrected chi connectivity index (χ4v) is 3.24. The Labute approximate surface area is 131 Å². The first-order valence-electron chi connectivity index (χ1n) is 7.58. The molecule has 1 aromatic carbocycles. The second kappa shape index (κ2) is 7.14. The molecule has 1 saturated heterocycles. The predicted octanol–water partition coefficient (Wildman–Crippen LogP) is 2.54. The van der Waals surface area contributed by atoms with Crippen molar-refractivity contribution in [2.45, 2.75) is 39.3 Å². The molecule has 2 atom stereocenters. The molecule has 116 valence electrons. The predicted molar refractivity (Wildman–Crippen MR) is 87.6 cm³/mol. The minimum absolute atomic E-state index is 0.0931. The Bertz CT molecular complexity index is 506. The second-order valence-corrected chi connectivity index (χ2v) is 6.11. The van der Waals surface area contributed by atoms with E-state index in [1.54, 1.807) is 0 Å². The molecule has 1 aromatic rings. The van der Waals surface area contributed by atoms with Crippen molar-refractivity contribution >= 4 is 23.2 Å². The van der Waals surface area contributed by atoms with Gasteiger partial charge in [-0.1, -0.05) is 30.7 Å². The van der Waals surface area contributed by atoms with E-state index in [9.17, 15) is 4.79 Å². The highest BCUT2D eigenvalue weighted by Crippen LogP contribution is 2.35. The maximum absolute atomic E-state index is 11.5. The molecule has 1 heterocycles. The summed E-state index contributed by atoms with van der Waals surface area (Å²) in [4.78, 5) is 13.8. The first-order valence-corrected chi connectivity index (χ1v) is 7.96. The zero-order chi connectivity index (χ0) is 15.4. The number of hydrogen-bond acceptors (Lipinski definition) is 3. The molecular formula is C16H24ClN3O. The van der Waals surface area contributed by atoms with E-state index in [0.29, 0.717) is 12.6 Å². The first-order chi connectivity index (χ1) is 10.0. The molecule has 0 spiro atoms. The molecule has 1 aliphatic heterocycles. The number of para-hydroxylation sites is 1. The summed E-state index contributed by atoms with van der Waals surface area (Å²) in [6.07, 6.45) is 1.82. The zero-order valence-electron chi connectivity index (χ0n) is 12.7. The molecule has 0 bridgehead atoms. The molecular weight excluding hydrogens is 286 g/mol. The Morgan fingerprint density at radius 1 is 1.48 bits per heavy atom. The summed E-state index contributed by atoms with van der Waals surface area (Å²) in [5, 5.41) is 4.08. The monoisotopic (exact) mass is 309 g/mol. The number of anilines is 1.